The van der Waals surface area contributed by atoms with Crippen LogP contribution in [0.4, 0.5) is 5.69 Å². The summed E-state index contributed by atoms with van der Waals surface area (Å²) in [5.74, 6) is -0.165. The zero-order valence-corrected chi connectivity index (χ0v) is 26.2. The van der Waals surface area contributed by atoms with Gasteiger partial charge in [-0.1, -0.05) is 53.2 Å². The van der Waals surface area contributed by atoms with Gasteiger partial charge < -0.3 is 19.7 Å². The molecule has 0 aliphatic rings. The van der Waals surface area contributed by atoms with Gasteiger partial charge in [-0.15, -0.1) is 0 Å². The fourth-order valence-corrected chi connectivity index (χ4v) is 5.98. The highest BCUT2D eigenvalue weighted by Crippen LogP contribution is 2.34. The van der Waals surface area contributed by atoms with Crippen LogP contribution in [0.5, 0.6) is 11.5 Å². The van der Waals surface area contributed by atoms with Crippen molar-refractivity contribution in [3.8, 4) is 11.5 Å². The van der Waals surface area contributed by atoms with Crippen molar-refractivity contribution in [1.82, 2.24) is 10.2 Å². The molecule has 220 valence electrons. The lowest BCUT2D eigenvalue weighted by molar-refractivity contribution is -0.139. The van der Waals surface area contributed by atoms with E-state index in [1.807, 2.05) is 38.1 Å². The summed E-state index contributed by atoms with van der Waals surface area (Å²) in [6, 6.07) is 18.9. The number of ether oxygens (including phenoxy) is 2. The van der Waals surface area contributed by atoms with Gasteiger partial charge in [-0.05, 0) is 62.2 Å². The first-order chi connectivity index (χ1) is 19.5. The molecule has 0 heterocycles. The van der Waals surface area contributed by atoms with Crippen LogP contribution in [0.15, 0.2) is 82.2 Å². The highest BCUT2D eigenvalue weighted by atomic mass is 79.9. The van der Waals surface area contributed by atoms with Crippen molar-refractivity contribution in [3.05, 3.63) is 82.8 Å². The second-order valence-corrected chi connectivity index (χ2v) is 12.3. The van der Waals surface area contributed by atoms with Gasteiger partial charge in [0, 0.05) is 23.1 Å². The number of methoxy groups -OCH3 is 2. The van der Waals surface area contributed by atoms with Crippen molar-refractivity contribution < 1.29 is 27.5 Å². The smallest absolute Gasteiger partial charge is 0.264 e. The van der Waals surface area contributed by atoms with Crippen LogP contribution < -0.4 is 19.1 Å². The van der Waals surface area contributed by atoms with E-state index < -0.39 is 28.5 Å². The fraction of sp³-hybridized carbons (Fsp3) is 0.333. The molecule has 0 saturated carbocycles. The number of halogens is 1. The normalized spacial score (nSPS) is 12.6. The summed E-state index contributed by atoms with van der Waals surface area (Å²) in [5, 5.41) is 2.93. The largest absolute Gasteiger partial charge is 0.493 e. The molecular formula is C30H36BrN3O6S. The molecule has 0 saturated heterocycles. The molecular weight excluding hydrogens is 610 g/mol. The average molecular weight is 647 g/mol. The minimum Gasteiger partial charge on any atom is -0.493 e. The number of carbonyl (C=O) groups is 2. The summed E-state index contributed by atoms with van der Waals surface area (Å²) in [6.07, 6.45) is 0.723. The van der Waals surface area contributed by atoms with Crippen molar-refractivity contribution in [1.29, 1.82) is 0 Å². The van der Waals surface area contributed by atoms with Crippen LogP contribution in [0.25, 0.3) is 0 Å². The monoisotopic (exact) mass is 645 g/mol. The Morgan fingerprint density at radius 1 is 0.927 bits per heavy atom. The standard InChI is InChI=1S/C30H36BrN3O6S/c1-6-21(2)32-30(36)22(3)33(19-23-11-10-12-24(31)17-23)29(35)20-34(41(37,38)26-13-8-7-9-14-26)25-15-16-27(39-4)28(18-25)40-5/h7-18,21-22H,6,19-20H2,1-5H3,(H,32,36)/t21-,22+/m0/s1. The Hall–Kier alpha value is -3.57. The minimum atomic E-state index is -4.19. The number of carbonyl (C=O) groups excluding carboxylic acids is 2. The van der Waals surface area contributed by atoms with Crippen molar-refractivity contribution in [2.75, 3.05) is 25.1 Å². The van der Waals surface area contributed by atoms with E-state index in [0.717, 1.165) is 20.8 Å². The van der Waals surface area contributed by atoms with E-state index in [1.165, 1.54) is 37.3 Å². The summed E-state index contributed by atoms with van der Waals surface area (Å²) in [4.78, 5) is 28.6. The number of benzene rings is 3. The predicted molar refractivity (Wildman–Crippen MR) is 163 cm³/mol. The second-order valence-electron chi connectivity index (χ2n) is 9.51. The summed E-state index contributed by atoms with van der Waals surface area (Å²) in [7, 11) is -1.27. The molecule has 3 aromatic carbocycles. The first-order valence-corrected chi connectivity index (χ1v) is 15.4. The predicted octanol–water partition coefficient (Wildman–Crippen LogP) is 4.99. The van der Waals surface area contributed by atoms with Crippen LogP contribution in [-0.4, -0.2) is 58.0 Å². The zero-order valence-electron chi connectivity index (χ0n) is 23.8. The Morgan fingerprint density at radius 3 is 2.22 bits per heavy atom. The number of sulfonamides is 1. The number of nitrogens with one attached hydrogen (secondary N) is 1. The zero-order chi connectivity index (χ0) is 30.2. The second kappa shape index (κ2) is 14.4. The number of anilines is 1. The minimum absolute atomic E-state index is 0.0173. The quantitative estimate of drug-likeness (QED) is 0.281. The van der Waals surface area contributed by atoms with Gasteiger partial charge in [-0.2, -0.15) is 0 Å². The van der Waals surface area contributed by atoms with Crippen molar-refractivity contribution in [2.24, 2.45) is 0 Å². The highest BCUT2D eigenvalue weighted by Gasteiger charge is 2.33. The molecule has 0 radical (unpaired) electrons. The van der Waals surface area contributed by atoms with E-state index >= 15 is 0 Å². The van der Waals surface area contributed by atoms with E-state index in [2.05, 4.69) is 21.2 Å². The lowest BCUT2D eigenvalue weighted by atomic mass is 10.1. The van der Waals surface area contributed by atoms with Gasteiger partial charge >= 0.3 is 0 Å². The molecule has 9 nitrogen and oxygen atoms in total. The number of nitrogens with zero attached hydrogens (tertiary/aromatic N) is 2. The maximum atomic E-state index is 14.0. The SMILES string of the molecule is CC[C@H](C)NC(=O)[C@@H](C)N(Cc1cccc(Br)c1)C(=O)CN(c1ccc(OC)c(OC)c1)S(=O)(=O)c1ccccc1. The van der Waals surface area contributed by atoms with Gasteiger partial charge in [0.15, 0.2) is 11.5 Å². The molecule has 41 heavy (non-hydrogen) atoms. The van der Waals surface area contributed by atoms with E-state index in [4.69, 9.17) is 9.47 Å². The number of amides is 2. The molecule has 0 unspecified atom stereocenters. The van der Waals surface area contributed by atoms with Crippen molar-refractivity contribution in [3.63, 3.8) is 0 Å². The van der Waals surface area contributed by atoms with Gasteiger partial charge in [0.25, 0.3) is 10.0 Å². The van der Waals surface area contributed by atoms with Crippen LogP contribution in [0.2, 0.25) is 0 Å². The van der Waals surface area contributed by atoms with Crippen LogP contribution in [0.1, 0.15) is 32.8 Å². The molecule has 1 N–H and O–H groups in total. The molecule has 0 aliphatic carbocycles. The molecule has 2 atom stereocenters. The summed E-state index contributed by atoms with van der Waals surface area (Å²) in [5.41, 5.74) is 0.985. The van der Waals surface area contributed by atoms with Crippen LogP contribution in [0.3, 0.4) is 0 Å². The Balaban J connectivity index is 2.07. The van der Waals surface area contributed by atoms with Gasteiger partial charge in [-0.25, -0.2) is 8.42 Å². The summed E-state index contributed by atoms with van der Waals surface area (Å²) in [6.45, 7) is 5.02. The molecule has 3 aromatic rings. The van der Waals surface area contributed by atoms with Crippen molar-refractivity contribution >= 4 is 43.5 Å². The number of rotatable bonds is 13. The Labute approximate surface area is 250 Å². The highest BCUT2D eigenvalue weighted by molar-refractivity contribution is 9.10. The topological polar surface area (TPSA) is 105 Å². The molecule has 2 amide bonds. The first kappa shape index (κ1) is 32.0. The Kier molecular flexibility index (Phi) is 11.2. The lowest BCUT2D eigenvalue weighted by Crippen LogP contribution is -2.52. The van der Waals surface area contributed by atoms with E-state index in [-0.39, 0.29) is 29.1 Å². The number of hydrogen-bond acceptors (Lipinski definition) is 6. The third-order valence-electron chi connectivity index (χ3n) is 6.68. The Morgan fingerprint density at radius 2 is 1.61 bits per heavy atom. The third-order valence-corrected chi connectivity index (χ3v) is 8.96. The number of hydrogen-bond donors (Lipinski definition) is 1. The molecule has 0 bridgehead atoms. The molecule has 3 rings (SSSR count). The van der Waals surface area contributed by atoms with E-state index in [0.29, 0.717) is 11.5 Å². The molecule has 11 heteroatoms. The van der Waals surface area contributed by atoms with Crippen LogP contribution >= 0.6 is 15.9 Å². The molecule has 0 spiro atoms. The first-order valence-electron chi connectivity index (χ1n) is 13.2. The van der Waals surface area contributed by atoms with Crippen LogP contribution in [-0.2, 0) is 26.2 Å². The van der Waals surface area contributed by atoms with Gasteiger partial charge in [-0.3, -0.25) is 13.9 Å². The van der Waals surface area contributed by atoms with Crippen LogP contribution in [0, 0.1) is 0 Å². The van der Waals surface area contributed by atoms with Gasteiger partial charge in [0.2, 0.25) is 11.8 Å². The van der Waals surface area contributed by atoms with Gasteiger partial charge in [0.05, 0.1) is 24.8 Å². The van der Waals surface area contributed by atoms with E-state index in [9.17, 15) is 18.0 Å². The maximum Gasteiger partial charge on any atom is 0.264 e. The molecule has 0 fully saturated rings. The lowest BCUT2D eigenvalue weighted by Gasteiger charge is -2.32. The fourth-order valence-electron chi connectivity index (χ4n) is 4.11. The maximum absolute atomic E-state index is 14.0. The van der Waals surface area contributed by atoms with Crippen molar-refractivity contribution in [2.45, 2.75) is 50.7 Å². The Bertz CT molecular complexity index is 1450. The van der Waals surface area contributed by atoms with E-state index in [1.54, 1.807) is 37.3 Å². The molecule has 0 aliphatic heterocycles. The average Bonchev–Trinajstić information content (AvgIpc) is 2.98. The summed E-state index contributed by atoms with van der Waals surface area (Å²) >= 11 is 3.45. The van der Waals surface area contributed by atoms with Gasteiger partial charge in [0.1, 0.15) is 12.6 Å². The third kappa shape index (κ3) is 8.01. The summed E-state index contributed by atoms with van der Waals surface area (Å²) < 4.78 is 40.4. The molecule has 0 aromatic heterocycles.